The third kappa shape index (κ3) is 3.37. The number of carbonyl (C=O) groups excluding carboxylic acids is 3. The highest BCUT2D eigenvalue weighted by Gasteiger charge is 2.72. The van der Waals surface area contributed by atoms with Crippen LogP contribution < -0.4 is 10.6 Å². The number of carbonyl (C=O) groups is 3. The molecule has 0 aromatic heterocycles. The first-order valence-corrected chi connectivity index (χ1v) is 11.1. The van der Waals surface area contributed by atoms with Crippen LogP contribution in [-0.2, 0) is 19.1 Å². The topological polar surface area (TPSA) is 87.7 Å². The van der Waals surface area contributed by atoms with E-state index in [4.69, 9.17) is 4.74 Å². The molecule has 0 aromatic rings. The summed E-state index contributed by atoms with van der Waals surface area (Å²) in [5, 5.41) is 6.15. The summed E-state index contributed by atoms with van der Waals surface area (Å²) in [5.74, 6) is -1.90. The number of ether oxygens (including phenoxy) is 1. The number of amides is 3. The first kappa shape index (κ1) is 21.1. The second kappa shape index (κ2) is 7.52. The molecule has 1 saturated carbocycles. The van der Waals surface area contributed by atoms with Crippen molar-refractivity contribution in [3.63, 3.8) is 0 Å². The molecule has 0 aromatic carbocycles. The lowest BCUT2D eigenvalue weighted by Crippen LogP contribution is -2.58. The molecule has 3 heterocycles. The normalized spacial score (nSPS) is 35.4. The molecule has 1 spiro atoms. The zero-order valence-electron chi connectivity index (χ0n) is 18.1. The lowest BCUT2D eigenvalue weighted by atomic mass is 9.74. The SMILES string of the molecule is C=CCN1C(=O)[C@@H]2[C@@H](C(=O)NC3CCCCC3)[C@H]3C=C[C@@]2(O3)[C@@H]1C(=O)NC(C)(C)C. The predicted molar refractivity (Wildman–Crippen MR) is 112 cm³/mol. The van der Waals surface area contributed by atoms with Crippen molar-refractivity contribution >= 4 is 17.7 Å². The Bertz CT molecular complexity index is 780. The van der Waals surface area contributed by atoms with E-state index in [1.807, 2.05) is 32.9 Å². The van der Waals surface area contributed by atoms with Crippen LogP contribution in [0.2, 0.25) is 0 Å². The average Bonchev–Trinajstić information content (AvgIpc) is 3.29. The molecule has 3 fully saturated rings. The molecule has 3 amide bonds. The summed E-state index contributed by atoms with van der Waals surface area (Å²) < 4.78 is 6.27. The number of nitrogens with zero attached hydrogens (tertiary/aromatic N) is 1. The van der Waals surface area contributed by atoms with Crippen LogP contribution in [0.25, 0.3) is 0 Å². The predicted octanol–water partition coefficient (Wildman–Crippen LogP) is 1.69. The van der Waals surface area contributed by atoms with Gasteiger partial charge in [-0.05, 0) is 33.6 Å². The van der Waals surface area contributed by atoms with Gasteiger partial charge in [0.05, 0.1) is 17.9 Å². The van der Waals surface area contributed by atoms with Crippen molar-refractivity contribution < 1.29 is 19.1 Å². The highest BCUT2D eigenvalue weighted by Crippen LogP contribution is 2.55. The molecule has 4 rings (SSSR count). The van der Waals surface area contributed by atoms with Crippen molar-refractivity contribution in [3.8, 4) is 0 Å². The van der Waals surface area contributed by atoms with Crippen LogP contribution in [0.3, 0.4) is 0 Å². The fourth-order valence-corrected chi connectivity index (χ4v) is 5.59. The molecule has 7 nitrogen and oxygen atoms in total. The largest absolute Gasteiger partial charge is 0.359 e. The number of rotatable bonds is 5. The minimum atomic E-state index is -1.10. The maximum atomic E-state index is 13.5. The van der Waals surface area contributed by atoms with E-state index >= 15 is 0 Å². The summed E-state index contributed by atoms with van der Waals surface area (Å²) >= 11 is 0. The summed E-state index contributed by atoms with van der Waals surface area (Å²) in [7, 11) is 0. The molecular weight excluding hydrogens is 382 g/mol. The Balaban J connectivity index is 1.63. The van der Waals surface area contributed by atoms with Crippen LogP contribution in [0.15, 0.2) is 24.8 Å². The standard InChI is InChI=1S/C23H33N3O4/c1-5-13-26-18(20(28)25-22(2,3)4)23-12-11-15(30-23)16(17(23)21(26)29)19(27)24-14-9-7-6-8-10-14/h5,11-12,14-18H,1,6-10,13H2,2-4H3,(H,24,27)(H,25,28)/t15-,16+,17+,18+,23+/m1/s1. The highest BCUT2D eigenvalue weighted by atomic mass is 16.5. The molecule has 5 atom stereocenters. The molecular formula is C23H33N3O4. The summed E-state index contributed by atoms with van der Waals surface area (Å²) in [5.41, 5.74) is -1.55. The van der Waals surface area contributed by atoms with Gasteiger partial charge in [-0.15, -0.1) is 6.58 Å². The Kier molecular flexibility index (Phi) is 5.29. The van der Waals surface area contributed by atoms with Gasteiger partial charge >= 0.3 is 0 Å². The smallest absolute Gasteiger partial charge is 0.246 e. The maximum absolute atomic E-state index is 13.5. The van der Waals surface area contributed by atoms with E-state index < -0.39 is 35.1 Å². The van der Waals surface area contributed by atoms with Gasteiger partial charge in [0, 0.05) is 18.1 Å². The Hall–Kier alpha value is -2.15. The molecule has 0 unspecified atom stereocenters. The number of nitrogens with one attached hydrogen (secondary N) is 2. The lowest BCUT2D eigenvalue weighted by Gasteiger charge is -2.34. The van der Waals surface area contributed by atoms with Crippen LogP contribution in [0.5, 0.6) is 0 Å². The molecule has 1 aliphatic carbocycles. The molecule has 4 aliphatic rings. The highest BCUT2D eigenvalue weighted by molar-refractivity contribution is 6.00. The van der Waals surface area contributed by atoms with Gasteiger partial charge in [0.25, 0.3) is 0 Å². The molecule has 164 valence electrons. The van der Waals surface area contributed by atoms with Gasteiger partial charge in [-0.25, -0.2) is 0 Å². The Morgan fingerprint density at radius 1 is 1.27 bits per heavy atom. The quantitative estimate of drug-likeness (QED) is 0.669. The van der Waals surface area contributed by atoms with E-state index in [1.54, 1.807) is 6.08 Å². The van der Waals surface area contributed by atoms with Crippen LogP contribution in [-0.4, -0.2) is 58.5 Å². The molecule has 7 heteroatoms. The summed E-state index contributed by atoms with van der Waals surface area (Å²) in [4.78, 5) is 41.5. The number of likely N-dealkylation sites (tertiary alicyclic amines) is 1. The molecule has 2 N–H and O–H groups in total. The molecule has 2 bridgehead atoms. The van der Waals surface area contributed by atoms with Crippen molar-refractivity contribution in [1.29, 1.82) is 0 Å². The van der Waals surface area contributed by atoms with E-state index in [2.05, 4.69) is 17.2 Å². The van der Waals surface area contributed by atoms with Crippen LogP contribution in [0.1, 0.15) is 52.9 Å². The zero-order valence-corrected chi connectivity index (χ0v) is 18.1. The second-order valence-corrected chi connectivity index (χ2v) is 10.1. The molecule has 2 saturated heterocycles. The average molecular weight is 416 g/mol. The number of fused-ring (bicyclic) bond motifs is 1. The van der Waals surface area contributed by atoms with E-state index in [0.29, 0.717) is 0 Å². The fourth-order valence-electron chi connectivity index (χ4n) is 5.59. The fraction of sp³-hybridized carbons (Fsp3) is 0.696. The zero-order chi connectivity index (χ0) is 21.7. The summed E-state index contributed by atoms with van der Waals surface area (Å²) in [6.07, 6.45) is 10.2. The van der Waals surface area contributed by atoms with Gasteiger partial charge in [-0.1, -0.05) is 37.5 Å². The van der Waals surface area contributed by atoms with Crippen molar-refractivity contribution in [1.82, 2.24) is 15.5 Å². The third-order valence-corrected chi connectivity index (χ3v) is 6.70. The van der Waals surface area contributed by atoms with Gasteiger partial charge < -0.3 is 20.3 Å². The van der Waals surface area contributed by atoms with E-state index in [1.165, 1.54) is 11.3 Å². The van der Waals surface area contributed by atoms with E-state index in [-0.39, 0.29) is 30.3 Å². The Morgan fingerprint density at radius 3 is 2.60 bits per heavy atom. The first-order valence-electron chi connectivity index (χ1n) is 11.1. The summed E-state index contributed by atoms with van der Waals surface area (Å²) in [6, 6.07) is -0.660. The van der Waals surface area contributed by atoms with Gasteiger partial charge in [0.2, 0.25) is 17.7 Å². The third-order valence-electron chi connectivity index (χ3n) is 6.70. The van der Waals surface area contributed by atoms with Gasteiger partial charge in [-0.2, -0.15) is 0 Å². The summed E-state index contributed by atoms with van der Waals surface area (Å²) in [6.45, 7) is 9.68. The minimum absolute atomic E-state index is 0.132. The van der Waals surface area contributed by atoms with E-state index in [0.717, 1.165) is 25.7 Å². The van der Waals surface area contributed by atoms with Crippen LogP contribution in [0, 0.1) is 11.8 Å². The lowest BCUT2D eigenvalue weighted by molar-refractivity contribution is -0.141. The van der Waals surface area contributed by atoms with Gasteiger partial charge in [0.15, 0.2) is 0 Å². The Morgan fingerprint density at radius 2 is 1.97 bits per heavy atom. The van der Waals surface area contributed by atoms with Crippen molar-refractivity contribution in [2.75, 3.05) is 6.54 Å². The minimum Gasteiger partial charge on any atom is -0.359 e. The maximum Gasteiger partial charge on any atom is 0.246 e. The molecule has 3 aliphatic heterocycles. The van der Waals surface area contributed by atoms with Crippen molar-refractivity contribution in [2.24, 2.45) is 11.8 Å². The van der Waals surface area contributed by atoms with Crippen LogP contribution >= 0.6 is 0 Å². The molecule has 30 heavy (non-hydrogen) atoms. The van der Waals surface area contributed by atoms with E-state index in [9.17, 15) is 14.4 Å². The number of hydrogen-bond donors (Lipinski definition) is 2. The second-order valence-electron chi connectivity index (χ2n) is 10.1. The number of hydrogen-bond acceptors (Lipinski definition) is 4. The monoisotopic (exact) mass is 415 g/mol. The van der Waals surface area contributed by atoms with Crippen LogP contribution in [0.4, 0.5) is 0 Å². The van der Waals surface area contributed by atoms with Gasteiger partial charge in [-0.3, -0.25) is 14.4 Å². The van der Waals surface area contributed by atoms with Crippen molar-refractivity contribution in [3.05, 3.63) is 24.8 Å². The molecule has 0 radical (unpaired) electrons. The van der Waals surface area contributed by atoms with Gasteiger partial charge in [0.1, 0.15) is 11.6 Å². The first-order chi connectivity index (χ1) is 14.2. The Labute approximate surface area is 178 Å². The van der Waals surface area contributed by atoms with Crippen molar-refractivity contribution in [2.45, 2.75) is 82.2 Å².